The Hall–Kier alpha value is -4.81. The molecule has 0 aliphatic rings. The Labute approximate surface area is 229 Å². The second kappa shape index (κ2) is 11.5. The molecule has 40 heavy (non-hydrogen) atoms. The van der Waals surface area contributed by atoms with Crippen LogP contribution in [0.15, 0.2) is 42.6 Å². The summed E-state index contributed by atoms with van der Waals surface area (Å²) in [5.74, 6) is -1.54. The van der Waals surface area contributed by atoms with E-state index < -0.39 is 29.4 Å². The zero-order valence-corrected chi connectivity index (χ0v) is 22.8. The number of amides is 2. The number of anilines is 1. The summed E-state index contributed by atoms with van der Waals surface area (Å²) in [6, 6.07) is 9.54. The molecular weight excluding hydrogens is 521 g/mol. The Balaban J connectivity index is 1.63. The highest BCUT2D eigenvalue weighted by Gasteiger charge is 2.22. The molecule has 0 aliphatic carbocycles. The molecule has 13 heteroatoms. The van der Waals surface area contributed by atoms with E-state index in [0.29, 0.717) is 11.2 Å². The van der Waals surface area contributed by atoms with Crippen LogP contribution < -0.4 is 10.6 Å². The van der Waals surface area contributed by atoms with Gasteiger partial charge in [-0.3, -0.25) is 9.59 Å². The molecule has 2 amide bonds. The van der Waals surface area contributed by atoms with Gasteiger partial charge in [0.1, 0.15) is 23.8 Å². The van der Waals surface area contributed by atoms with E-state index >= 15 is 4.39 Å². The lowest BCUT2D eigenvalue weighted by Gasteiger charge is -2.19. The molecule has 0 unspecified atom stereocenters. The Bertz CT molecular complexity index is 1570. The van der Waals surface area contributed by atoms with Crippen LogP contribution in [0.25, 0.3) is 16.9 Å². The van der Waals surface area contributed by atoms with Gasteiger partial charge in [-0.25, -0.2) is 23.4 Å². The average molecular weight is 552 g/mol. The van der Waals surface area contributed by atoms with Gasteiger partial charge in [-0.2, -0.15) is 5.10 Å². The Kier molecular flexibility index (Phi) is 8.12. The fourth-order valence-corrected chi connectivity index (χ4v) is 3.86. The number of nitrogens with one attached hydrogen (secondary N) is 2. The van der Waals surface area contributed by atoms with E-state index in [1.807, 2.05) is 0 Å². The number of nitrogens with zero attached hydrogens (tertiary/aromatic N) is 5. The Morgan fingerprint density at radius 2 is 1.88 bits per heavy atom. The fraction of sp³-hybridized carbons (Fsp3) is 0.333. The number of aryl methyl sites for hydroxylation is 1. The minimum absolute atomic E-state index is 0.0202. The van der Waals surface area contributed by atoms with Gasteiger partial charge in [0.2, 0.25) is 0 Å². The quantitative estimate of drug-likeness (QED) is 0.314. The van der Waals surface area contributed by atoms with E-state index in [0.717, 1.165) is 0 Å². The number of rotatable bonds is 8. The van der Waals surface area contributed by atoms with E-state index in [4.69, 9.17) is 9.47 Å². The van der Waals surface area contributed by atoms with Crippen molar-refractivity contribution in [3.63, 3.8) is 0 Å². The molecular formula is C27H30FN7O5. The monoisotopic (exact) mass is 551 g/mol. The summed E-state index contributed by atoms with van der Waals surface area (Å²) < 4.78 is 28.5. The van der Waals surface area contributed by atoms with Gasteiger partial charge in [-0.15, -0.1) is 5.10 Å². The zero-order valence-electron chi connectivity index (χ0n) is 22.8. The van der Waals surface area contributed by atoms with Crippen LogP contribution in [0.1, 0.15) is 49.4 Å². The smallest absolute Gasteiger partial charge is 0.407 e. The predicted molar refractivity (Wildman–Crippen MR) is 143 cm³/mol. The van der Waals surface area contributed by atoms with E-state index in [2.05, 4.69) is 25.8 Å². The maximum Gasteiger partial charge on any atom is 0.407 e. The molecule has 0 saturated heterocycles. The molecule has 0 aliphatic heterocycles. The molecule has 0 atom stereocenters. The van der Waals surface area contributed by atoms with Crippen LogP contribution in [0.4, 0.5) is 15.0 Å². The lowest BCUT2D eigenvalue weighted by Crippen LogP contribution is -2.32. The molecule has 3 aromatic heterocycles. The van der Waals surface area contributed by atoms with Gasteiger partial charge in [0.15, 0.2) is 11.5 Å². The lowest BCUT2D eigenvalue weighted by molar-refractivity contribution is -0.144. The molecule has 2 N–H and O–H groups in total. The number of ether oxygens (including phenoxy) is 2. The molecule has 4 rings (SSSR count). The SMILES string of the molecule is CCOC(=O)Cn1nc(C)cc1NC(=O)c1nc(-c2cccc(CNC(=O)OC(C)(C)C)c2F)nn2cccc12. The van der Waals surface area contributed by atoms with Gasteiger partial charge in [0.25, 0.3) is 5.91 Å². The van der Waals surface area contributed by atoms with Crippen LogP contribution >= 0.6 is 0 Å². The van der Waals surface area contributed by atoms with E-state index in [1.54, 1.807) is 65.1 Å². The first-order valence-electron chi connectivity index (χ1n) is 12.6. The molecule has 0 bridgehead atoms. The number of esters is 1. The van der Waals surface area contributed by atoms with Crippen molar-refractivity contribution >= 4 is 29.3 Å². The van der Waals surface area contributed by atoms with Gasteiger partial charge >= 0.3 is 12.1 Å². The molecule has 210 valence electrons. The normalized spacial score (nSPS) is 11.3. The third kappa shape index (κ3) is 6.60. The summed E-state index contributed by atoms with van der Waals surface area (Å²) >= 11 is 0. The summed E-state index contributed by atoms with van der Waals surface area (Å²) in [6.45, 7) is 8.49. The number of hydrogen-bond donors (Lipinski definition) is 2. The van der Waals surface area contributed by atoms with Crippen LogP contribution in [0.3, 0.4) is 0 Å². The van der Waals surface area contributed by atoms with Crippen LogP contribution in [0.5, 0.6) is 0 Å². The molecule has 3 heterocycles. The minimum atomic E-state index is -0.698. The first kappa shape index (κ1) is 28.2. The molecule has 0 spiro atoms. The van der Waals surface area contributed by atoms with Crippen LogP contribution in [-0.2, 0) is 27.4 Å². The fourth-order valence-electron chi connectivity index (χ4n) is 3.86. The molecule has 4 aromatic rings. The van der Waals surface area contributed by atoms with Gasteiger partial charge in [-0.1, -0.05) is 12.1 Å². The predicted octanol–water partition coefficient (Wildman–Crippen LogP) is 3.88. The van der Waals surface area contributed by atoms with Gasteiger partial charge < -0.3 is 20.1 Å². The standard InChI is InChI=1S/C27H30FN7O5/c1-6-39-21(36)15-35-20(13-16(2)32-35)30-25(37)23-19-11-8-12-34(19)33-24(31-23)18-10-7-9-17(22(18)28)14-29-26(38)40-27(3,4)5/h7-13H,6,14-15H2,1-5H3,(H,29,38)(H,30,37). The molecule has 0 saturated carbocycles. The lowest BCUT2D eigenvalue weighted by atomic mass is 10.1. The summed E-state index contributed by atoms with van der Waals surface area (Å²) in [6.07, 6.45) is 0.928. The largest absolute Gasteiger partial charge is 0.465 e. The first-order chi connectivity index (χ1) is 18.9. The van der Waals surface area contributed by atoms with E-state index in [-0.39, 0.29) is 48.2 Å². The molecule has 1 aromatic carbocycles. The number of hydrogen-bond acceptors (Lipinski definition) is 8. The Morgan fingerprint density at radius 1 is 1.10 bits per heavy atom. The first-order valence-corrected chi connectivity index (χ1v) is 12.6. The molecule has 12 nitrogen and oxygen atoms in total. The summed E-state index contributed by atoms with van der Waals surface area (Å²) in [4.78, 5) is 41.8. The molecule has 0 fully saturated rings. The topological polar surface area (TPSA) is 142 Å². The van der Waals surface area contributed by atoms with E-state index in [1.165, 1.54) is 21.3 Å². The number of benzene rings is 1. The van der Waals surface area contributed by atoms with Gasteiger partial charge in [0, 0.05) is 24.4 Å². The van der Waals surface area contributed by atoms with Crippen molar-refractivity contribution in [3.05, 3.63) is 65.4 Å². The summed E-state index contributed by atoms with van der Waals surface area (Å²) in [5, 5.41) is 13.9. The average Bonchev–Trinajstić information content (AvgIpc) is 3.47. The molecule has 0 radical (unpaired) electrons. The highest BCUT2D eigenvalue weighted by atomic mass is 19.1. The van der Waals surface area contributed by atoms with Crippen molar-refractivity contribution in [2.45, 2.75) is 53.3 Å². The van der Waals surface area contributed by atoms with Crippen LogP contribution in [-0.4, -0.2) is 54.6 Å². The second-order valence-corrected chi connectivity index (χ2v) is 9.84. The number of carbonyl (C=O) groups excluding carboxylic acids is 3. The Morgan fingerprint density at radius 3 is 2.60 bits per heavy atom. The van der Waals surface area contributed by atoms with Crippen LogP contribution in [0, 0.1) is 12.7 Å². The van der Waals surface area contributed by atoms with E-state index in [9.17, 15) is 14.4 Å². The highest BCUT2D eigenvalue weighted by Crippen LogP contribution is 2.24. The van der Waals surface area contributed by atoms with Crippen LogP contribution in [0.2, 0.25) is 0 Å². The van der Waals surface area contributed by atoms with Gasteiger partial charge in [0.05, 0.1) is 23.4 Å². The highest BCUT2D eigenvalue weighted by molar-refractivity contribution is 6.07. The summed E-state index contributed by atoms with van der Waals surface area (Å²) in [5.41, 5.74) is 0.470. The number of halogens is 1. The number of alkyl carbamates (subject to hydrolysis) is 1. The van der Waals surface area contributed by atoms with Crippen molar-refractivity contribution in [1.29, 1.82) is 0 Å². The van der Waals surface area contributed by atoms with Crippen molar-refractivity contribution < 1.29 is 28.2 Å². The summed E-state index contributed by atoms with van der Waals surface area (Å²) in [7, 11) is 0. The minimum Gasteiger partial charge on any atom is -0.465 e. The van der Waals surface area contributed by atoms with Crippen molar-refractivity contribution in [2.75, 3.05) is 11.9 Å². The van der Waals surface area contributed by atoms with Crippen molar-refractivity contribution in [3.8, 4) is 11.4 Å². The zero-order chi connectivity index (χ0) is 29.0. The number of fused-ring (bicyclic) bond motifs is 1. The van der Waals surface area contributed by atoms with Crippen molar-refractivity contribution in [1.82, 2.24) is 29.7 Å². The maximum atomic E-state index is 15.6. The van der Waals surface area contributed by atoms with Gasteiger partial charge in [-0.05, 0) is 52.8 Å². The number of aromatic nitrogens is 5. The second-order valence-electron chi connectivity index (χ2n) is 9.84. The third-order valence-electron chi connectivity index (χ3n) is 5.48. The third-order valence-corrected chi connectivity index (χ3v) is 5.48. The van der Waals surface area contributed by atoms with Crippen molar-refractivity contribution in [2.24, 2.45) is 0 Å². The maximum absolute atomic E-state index is 15.6. The number of carbonyl (C=O) groups is 3.